The third-order valence-electron chi connectivity index (χ3n) is 3.03. The number of ether oxygens (including phenoxy) is 1. The highest BCUT2D eigenvalue weighted by Gasteiger charge is 2.23. The summed E-state index contributed by atoms with van der Waals surface area (Å²) in [5.41, 5.74) is 6.66. The predicted molar refractivity (Wildman–Crippen MR) is 58.5 cm³/mol. The highest BCUT2D eigenvalue weighted by Crippen LogP contribution is 2.29. The van der Waals surface area contributed by atoms with Gasteiger partial charge in [-0.2, -0.15) is 0 Å². The minimum atomic E-state index is -0.912. The molecule has 6 heteroatoms. The molecule has 90 valence electrons. The lowest BCUT2D eigenvalue weighted by molar-refractivity contribution is 0.187. The van der Waals surface area contributed by atoms with Crippen LogP contribution in [0.25, 0.3) is 11.0 Å². The summed E-state index contributed by atoms with van der Waals surface area (Å²) in [6, 6.07) is 2.24. The van der Waals surface area contributed by atoms with Gasteiger partial charge in [0.25, 0.3) is 0 Å². The number of halogens is 2. The van der Waals surface area contributed by atoms with Gasteiger partial charge < -0.3 is 15.0 Å². The van der Waals surface area contributed by atoms with Crippen molar-refractivity contribution in [3.63, 3.8) is 0 Å². The second kappa shape index (κ2) is 3.66. The summed E-state index contributed by atoms with van der Waals surface area (Å²) in [6.45, 7) is 1.17. The molecule has 0 saturated carbocycles. The molecule has 0 bridgehead atoms. The SMILES string of the molecule is Nc1nc2cc(F)c(F)cc2n1C1CCOC1. The lowest BCUT2D eigenvalue weighted by Crippen LogP contribution is -2.11. The molecule has 0 amide bonds. The first kappa shape index (κ1) is 10.5. The molecule has 1 atom stereocenters. The molecule has 0 spiro atoms. The molecule has 4 nitrogen and oxygen atoms in total. The van der Waals surface area contributed by atoms with Crippen LogP contribution in [-0.2, 0) is 4.74 Å². The molecule has 1 aliphatic heterocycles. The molecule has 2 aromatic rings. The summed E-state index contributed by atoms with van der Waals surface area (Å²) in [6.07, 6.45) is 0.800. The molecular weight excluding hydrogens is 228 g/mol. The van der Waals surface area contributed by atoms with Crippen LogP contribution >= 0.6 is 0 Å². The molecule has 1 aromatic heterocycles. The van der Waals surface area contributed by atoms with Crippen molar-refractivity contribution >= 4 is 17.0 Å². The Morgan fingerprint density at radius 3 is 2.82 bits per heavy atom. The van der Waals surface area contributed by atoms with E-state index in [1.165, 1.54) is 0 Å². The Bertz CT molecular complexity index is 576. The highest BCUT2D eigenvalue weighted by atomic mass is 19.2. The first-order valence-electron chi connectivity index (χ1n) is 5.37. The van der Waals surface area contributed by atoms with Crippen molar-refractivity contribution in [2.75, 3.05) is 18.9 Å². The van der Waals surface area contributed by atoms with Crippen LogP contribution in [0.2, 0.25) is 0 Å². The van der Waals surface area contributed by atoms with Gasteiger partial charge in [0.1, 0.15) is 0 Å². The van der Waals surface area contributed by atoms with Gasteiger partial charge in [0, 0.05) is 18.7 Å². The monoisotopic (exact) mass is 239 g/mol. The summed E-state index contributed by atoms with van der Waals surface area (Å²) >= 11 is 0. The maximum Gasteiger partial charge on any atom is 0.201 e. The zero-order valence-corrected chi connectivity index (χ0v) is 8.99. The molecular formula is C11H11F2N3O. The third kappa shape index (κ3) is 1.56. The minimum Gasteiger partial charge on any atom is -0.379 e. The van der Waals surface area contributed by atoms with E-state index in [2.05, 4.69) is 4.98 Å². The summed E-state index contributed by atoms with van der Waals surface area (Å²) in [4.78, 5) is 4.04. The highest BCUT2D eigenvalue weighted by molar-refractivity contribution is 5.78. The van der Waals surface area contributed by atoms with Crippen LogP contribution in [0.4, 0.5) is 14.7 Å². The maximum atomic E-state index is 13.2. The molecule has 17 heavy (non-hydrogen) atoms. The van der Waals surface area contributed by atoms with E-state index in [-0.39, 0.29) is 12.0 Å². The van der Waals surface area contributed by atoms with E-state index in [9.17, 15) is 8.78 Å². The van der Waals surface area contributed by atoms with Crippen molar-refractivity contribution in [1.82, 2.24) is 9.55 Å². The molecule has 1 fully saturated rings. The quantitative estimate of drug-likeness (QED) is 0.826. The molecule has 3 rings (SSSR count). The molecule has 0 aliphatic carbocycles. The molecule has 1 aromatic carbocycles. The second-order valence-corrected chi connectivity index (χ2v) is 4.11. The van der Waals surface area contributed by atoms with Crippen molar-refractivity contribution in [3.8, 4) is 0 Å². The Morgan fingerprint density at radius 1 is 1.35 bits per heavy atom. The predicted octanol–water partition coefficient (Wildman–Crippen LogP) is 1.86. The van der Waals surface area contributed by atoms with Crippen LogP contribution in [-0.4, -0.2) is 22.8 Å². The van der Waals surface area contributed by atoms with Crippen LogP contribution in [0.5, 0.6) is 0 Å². The normalized spacial score (nSPS) is 20.2. The fourth-order valence-corrected chi connectivity index (χ4v) is 2.22. The topological polar surface area (TPSA) is 53.1 Å². The molecule has 1 saturated heterocycles. The van der Waals surface area contributed by atoms with Gasteiger partial charge in [-0.25, -0.2) is 13.8 Å². The summed E-state index contributed by atoms with van der Waals surface area (Å²) in [5.74, 6) is -1.54. The van der Waals surface area contributed by atoms with E-state index in [0.29, 0.717) is 24.2 Å². The fraction of sp³-hybridized carbons (Fsp3) is 0.364. The van der Waals surface area contributed by atoms with Gasteiger partial charge >= 0.3 is 0 Å². The van der Waals surface area contributed by atoms with Crippen LogP contribution in [0.15, 0.2) is 12.1 Å². The number of fused-ring (bicyclic) bond motifs is 1. The van der Waals surface area contributed by atoms with E-state index in [1.54, 1.807) is 4.57 Å². The minimum absolute atomic E-state index is 0.0462. The average molecular weight is 239 g/mol. The van der Waals surface area contributed by atoms with E-state index in [1.807, 2.05) is 0 Å². The Hall–Kier alpha value is -1.69. The Labute approximate surface area is 96.0 Å². The number of hydrogen-bond donors (Lipinski definition) is 1. The van der Waals surface area contributed by atoms with Gasteiger partial charge in [0.05, 0.1) is 23.7 Å². The number of nitrogen functional groups attached to an aromatic ring is 1. The number of hydrogen-bond acceptors (Lipinski definition) is 3. The molecule has 0 radical (unpaired) electrons. The summed E-state index contributed by atoms with van der Waals surface area (Å²) in [5, 5.41) is 0. The maximum absolute atomic E-state index is 13.2. The van der Waals surface area contributed by atoms with Crippen LogP contribution in [0.1, 0.15) is 12.5 Å². The zero-order chi connectivity index (χ0) is 12.0. The first-order valence-corrected chi connectivity index (χ1v) is 5.37. The zero-order valence-electron chi connectivity index (χ0n) is 8.99. The van der Waals surface area contributed by atoms with Crippen molar-refractivity contribution in [1.29, 1.82) is 0 Å². The van der Waals surface area contributed by atoms with E-state index >= 15 is 0 Å². The number of anilines is 1. The van der Waals surface area contributed by atoms with Gasteiger partial charge in [-0.15, -0.1) is 0 Å². The number of rotatable bonds is 1. The third-order valence-corrected chi connectivity index (χ3v) is 3.03. The molecule has 2 N–H and O–H groups in total. The van der Waals surface area contributed by atoms with Crippen LogP contribution in [0, 0.1) is 11.6 Å². The molecule has 1 unspecified atom stereocenters. The van der Waals surface area contributed by atoms with E-state index in [0.717, 1.165) is 18.6 Å². The first-order chi connectivity index (χ1) is 8.16. The Morgan fingerprint density at radius 2 is 2.12 bits per heavy atom. The second-order valence-electron chi connectivity index (χ2n) is 4.11. The number of nitrogens with zero attached hydrogens (tertiary/aromatic N) is 2. The Balaban J connectivity index is 2.22. The van der Waals surface area contributed by atoms with E-state index < -0.39 is 11.6 Å². The van der Waals surface area contributed by atoms with Crippen molar-refractivity contribution in [2.24, 2.45) is 0 Å². The van der Waals surface area contributed by atoms with Crippen molar-refractivity contribution in [2.45, 2.75) is 12.5 Å². The largest absolute Gasteiger partial charge is 0.379 e. The summed E-state index contributed by atoms with van der Waals surface area (Å²) < 4.78 is 33.3. The Kier molecular flexibility index (Phi) is 2.25. The number of imidazole rings is 1. The smallest absolute Gasteiger partial charge is 0.201 e. The number of aromatic nitrogens is 2. The average Bonchev–Trinajstić information content (AvgIpc) is 2.86. The fourth-order valence-electron chi connectivity index (χ4n) is 2.22. The standard InChI is InChI=1S/C11H11F2N3O/c12-7-3-9-10(4-8(7)13)16(11(14)15-9)6-1-2-17-5-6/h3-4,6H,1-2,5H2,(H2,14,15). The lowest BCUT2D eigenvalue weighted by Gasteiger charge is -2.12. The van der Waals surface area contributed by atoms with Gasteiger partial charge in [-0.05, 0) is 6.42 Å². The summed E-state index contributed by atoms with van der Waals surface area (Å²) in [7, 11) is 0. The van der Waals surface area contributed by atoms with Gasteiger partial charge in [-0.3, -0.25) is 0 Å². The lowest BCUT2D eigenvalue weighted by atomic mass is 10.2. The van der Waals surface area contributed by atoms with Crippen LogP contribution < -0.4 is 5.73 Å². The van der Waals surface area contributed by atoms with Gasteiger partial charge in [0.15, 0.2) is 11.6 Å². The van der Waals surface area contributed by atoms with E-state index in [4.69, 9.17) is 10.5 Å². The van der Waals surface area contributed by atoms with Gasteiger partial charge in [0.2, 0.25) is 5.95 Å². The number of nitrogens with two attached hydrogens (primary N) is 1. The van der Waals surface area contributed by atoms with Crippen molar-refractivity contribution < 1.29 is 13.5 Å². The molecule has 1 aliphatic rings. The number of benzene rings is 1. The molecule has 2 heterocycles. The van der Waals surface area contributed by atoms with Crippen molar-refractivity contribution in [3.05, 3.63) is 23.8 Å². The van der Waals surface area contributed by atoms with Crippen LogP contribution in [0.3, 0.4) is 0 Å². The van der Waals surface area contributed by atoms with Gasteiger partial charge in [-0.1, -0.05) is 0 Å².